The van der Waals surface area contributed by atoms with E-state index in [0.29, 0.717) is 10.7 Å². The molecule has 0 unspecified atom stereocenters. The Bertz CT molecular complexity index is 413. The Morgan fingerprint density at radius 1 is 1.44 bits per heavy atom. The summed E-state index contributed by atoms with van der Waals surface area (Å²) in [7, 11) is 2.13. The summed E-state index contributed by atoms with van der Waals surface area (Å²) in [5.41, 5.74) is 7.48. The molecule has 1 heterocycles. The lowest BCUT2D eigenvalue weighted by molar-refractivity contribution is 0.362. The summed E-state index contributed by atoms with van der Waals surface area (Å²) >= 11 is 4.97. The van der Waals surface area contributed by atoms with E-state index in [2.05, 4.69) is 16.9 Å². The van der Waals surface area contributed by atoms with E-state index in [1.807, 2.05) is 12.1 Å². The van der Waals surface area contributed by atoms with Crippen LogP contribution in [-0.4, -0.2) is 23.6 Å². The molecule has 0 bridgehead atoms. The summed E-state index contributed by atoms with van der Waals surface area (Å²) < 4.78 is 0. The zero-order chi connectivity index (χ0) is 13.0. The molecule has 0 aliphatic heterocycles. The third kappa shape index (κ3) is 3.42. The molecule has 0 spiro atoms. The summed E-state index contributed by atoms with van der Waals surface area (Å²) in [5.74, 6) is 0.824. The molecule has 2 rings (SSSR count). The number of rotatable bonds is 4. The highest BCUT2D eigenvalue weighted by atomic mass is 32.1. The molecule has 1 aromatic heterocycles. The molecule has 0 atom stereocenters. The van der Waals surface area contributed by atoms with Crippen molar-refractivity contribution in [3.63, 3.8) is 0 Å². The molecule has 1 aromatic rings. The Hall–Kier alpha value is -1.16. The predicted octanol–water partition coefficient (Wildman–Crippen LogP) is 2.73. The van der Waals surface area contributed by atoms with Gasteiger partial charge in [-0.3, -0.25) is 4.98 Å². The summed E-state index contributed by atoms with van der Waals surface area (Å²) in [6.45, 7) is 1.11. The molecule has 2 N–H and O–H groups in total. The molecular formula is C14H21N3S. The highest BCUT2D eigenvalue weighted by Crippen LogP contribution is 2.25. The molecule has 0 amide bonds. The largest absolute Gasteiger partial charge is 0.388 e. The van der Waals surface area contributed by atoms with E-state index in [1.54, 1.807) is 6.20 Å². The van der Waals surface area contributed by atoms with Crippen molar-refractivity contribution in [3.05, 3.63) is 24.0 Å². The van der Waals surface area contributed by atoms with Crippen LogP contribution >= 0.6 is 12.2 Å². The third-order valence-corrected chi connectivity index (χ3v) is 3.90. The van der Waals surface area contributed by atoms with Crippen LogP contribution in [-0.2, 0) is 0 Å². The first-order chi connectivity index (χ1) is 8.66. The van der Waals surface area contributed by atoms with Crippen LogP contribution in [0, 0.1) is 5.92 Å². The maximum atomic E-state index is 5.62. The van der Waals surface area contributed by atoms with Gasteiger partial charge in [0.25, 0.3) is 0 Å². The van der Waals surface area contributed by atoms with Crippen LogP contribution in [0.5, 0.6) is 0 Å². The molecule has 0 radical (unpaired) electrons. The Labute approximate surface area is 114 Å². The normalized spacial score (nSPS) is 16.5. The zero-order valence-electron chi connectivity index (χ0n) is 10.9. The van der Waals surface area contributed by atoms with Crippen LogP contribution in [0.15, 0.2) is 18.3 Å². The van der Waals surface area contributed by atoms with Crippen molar-refractivity contribution in [1.29, 1.82) is 0 Å². The number of nitrogens with zero attached hydrogens (tertiary/aromatic N) is 2. The lowest BCUT2D eigenvalue weighted by Crippen LogP contribution is -2.27. The first kappa shape index (κ1) is 13.3. The van der Waals surface area contributed by atoms with Crippen molar-refractivity contribution in [2.75, 3.05) is 18.5 Å². The fourth-order valence-corrected chi connectivity index (χ4v) is 2.77. The minimum absolute atomic E-state index is 0.364. The van der Waals surface area contributed by atoms with E-state index in [9.17, 15) is 0 Å². The quantitative estimate of drug-likeness (QED) is 0.848. The monoisotopic (exact) mass is 263 g/mol. The van der Waals surface area contributed by atoms with Crippen molar-refractivity contribution in [1.82, 2.24) is 4.98 Å². The van der Waals surface area contributed by atoms with E-state index >= 15 is 0 Å². The molecular weight excluding hydrogens is 242 g/mol. The molecule has 3 nitrogen and oxygen atoms in total. The molecule has 1 aliphatic rings. The SMILES string of the molecule is CN(CC1CCCCC1)c1ccnc(C(N)=S)c1. The standard InChI is InChI=1S/C14H21N3S/c1-17(10-11-5-3-2-4-6-11)12-7-8-16-13(9-12)14(15)18/h7-9,11H,2-6,10H2,1H3,(H2,15,18). The van der Waals surface area contributed by atoms with Gasteiger partial charge < -0.3 is 10.6 Å². The molecule has 1 fully saturated rings. The van der Waals surface area contributed by atoms with Gasteiger partial charge in [0.05, 0.1) is 5.69 Å². The summed E-state index contributed by atoms with van der Waals surface area (Å²) in [4.78, 5) is 6.83. The summed E-state index contributed by atoms with van der Waals surface area (Å²) in [6, 6.07) is 4.00. The van der Waals surface area contributed by atoms with Gasteiger partial charge in [-0.05, 0) is 30.9 Å². The highest BCUT2D eigenvalue weighted by Gasteiger charge is 2.15. The topological polar surface area (TPSA) is 42.2 Å². The minimum atomic E-state index is 0.364. The second kappa shape index (κ2) is 6.14. The fraction of sp³-hybridized carbons (Fsp3) is 0.571. The van der Waals surface area contributed by atoms with Gasteiger partial charge in [-0.2, -0.15) is 0 Å². The predicted molar refractivity (Wildman–Crippen MR) is 80.0 cm³/mol. The van der Waals surface area contributed by atoms with Crippen LogP contribution in [0.4, 0.5) is 5.69 Å². The minimum Gasteiger partial charge on any atom is -0.388 e. The number of pyridine rings is 1. The van der Waals surface area contributed by atoms with Gasteiger partial charge in [0.2, 0.25) is 0 Å². The molecule has 1 saturated carbocycles. The fourth-order valence-electron chi connectivity index (χ4n) is 2.65. The van der Waals surface area contributed by atoms with Crippen molar-refractivity contribution >= 4 is 22.9 Å². The first-order valence-electron chi connectivity index (χ1n) is 6.64. The number of anilines is 1. The number of aromatic nitrogens is 1. The lowest BCUT2D eigenvalue weighted by Gasteiger charge is -2.28. The number of nitrogens with two attached hydrogens (primary N) is 1. The maximum absolute atomic E-state index is 5.62. The molecule has 0 saturated heterocycles. The van der Waals surface area contributed by atoms with Gasteiger partial charge in [-0.15, -0.1) is 0 Å². The van der Waals surface area contributed by atoms with Crippen LogP contribution < -0.4 is 10.6 Å². The maximum Gasteiger partial charge on any atom is 0.122 e. The van der Waals surface area contributed by atoms with E-state index in [4.69, 9.17) is 18.0 Å². The Morgan fingerprint density at radius 3 is 2.83 bits per heavy atom. The van der Waals surface area contributed by atoms with Crippen molar-refractivity contribution in [2.24, 2.45) is 11.7 Å². The van der Waals surface area contributed by atoms with Crippen molar-refractivity contribution in [3.8, 4) is 0 Å². The van der Waals surface area contributed by atoms with Gasteiger partial charge >= 0.3 is 0 Å². The number of hydrogen-bond donors (Lipinski definition) is 1. The van der Waals surface area contributed by atoms with Gasteiger partial charge in [0.1, 0.15) is 4.99 Å². The van der Waals surface area contributed by atoms with Crippen molar-refractivity contribution < 1.29 is 0 Å². The Morgan fingerprint density at radius 2 is 2.17 bits per heavy atom. The van der Waals surface area contributed by atoms with Crippen LogP contribution in [0.25, 0.3) is 0 Å². The second-order valence-electron chi connectivity index (χ2n) is 5.15. The lowest BCUT2D eigenvalue weighted by atomic mass is 9.89. The summed E-state index contributed by atoms with van der Waals surface area (Å²) in [5, 5.41) is 0. The molecule has 4 heteroatoms. The highest BCUT2D eigenvalue weighted by molar-refractivity contribution is 7.80. The molecule has 0 aromatic carbocycles. The summed E-state index contributed by atoms with van der Waals surface area (Å²) in [6.07, 6.45) is 8.66. The Kier molecular flexibility index (Phi) is 4.53. The second-order valence-corrected chi connectivity index (χ2v) is 5.59. The zero-order valence-corrected chi connectivity index (χ0v) is 11.7. The van der Waals surface area contributed by atoms with Crippen molar-refractivity contribution in [2.45, 2.75) is 32.1 Å². The van der Waals surface area contributed by atoms with Gasteiger partial charge in [-0.1, -0.05) is 31.5 Å². The number of thiocarbonyl (C=S) groups is 1. The number of hydrogen-bond acceptors (Lipinski definition) is 3. The third-order valence-electron chi connectivity index (χ3n) is 3.69. The molecule has 18 heavy (non-hydrogen) atoms. The molecule has 1 aliphatic carbocycles. The van der Waals surface area contributed by atoms with E-state index in [1.165, 1.54) is 32.1 Å². The van der Waals surface area contributed by atoms with Gasteiger partial charge in [0, 0.05) is 25.5 Å². The average Bonchev–Trinajstić information content (AvgIpc) is 2.40. The van der Waals surface area contributed by atoms with E-state index in [0.717, 1.165) is 18.2 Å². The van der Waals surface area contributed by atoms with Crippen LogP contribution in [0.3, 0.4) is 0 Å². The first-order valence-corrected chi connectivity index (χ1v) is 7.04. The van der Waals surface area contributed by atoms with Crippen LogP contribution in [0.1, 0.15) is 37.8 Å². The Balaban J connectivity index is 2.01. The van der Waals surface area contributed by atoms with Gasteiger partial charge in [0.15, 0.2) is 0 Å². The van der Waals surface area contributed by atoms with Gasteiger partial charge in [-0.25, -0.2) is 0 Å². The average molecular weight is 263 g/mol. The van der Waals surface area contributed by atoms with Crippen LogP contribution in [0.2, 0.25) is 0 Å². The molecule has 98 valence electrons. The van der Waals surface area contributed by atoms with E-state index in [-0.39, 0.29) is 0 Å². The smallest absolute Gasteiger partial charge is 0.122 e. The van der Waals surface area contributed by atoms with E-state index < -0.39 is 0 Å².